The molecule has 0 radical (unpaired) electrons. The van der Waals surface area contributed by atoms with Crippen molar-refractivity contribution in [2.45, 2.75) is 27.2 Å². The highest BCUT2D eigenvalue weighted by atomic mass is 35.5. The van der Waals surface area contributed by atoms with Crippen molar-refractivity contribution in [2.75, 3.05) is 5.73 Å². The van der Waals surface area contributed by atoms with Crippen LogP contribution in [0.15, 0.2) is 18.2 Å². The van der Waals surface area contributed by atoms with Gasteiger partial charge in [0.2, 0.25) is 0 Å². The van der Waals surface area contributed by atoms with Crippen LogP contribution in [0.1, 0.15) is 23.9 Å². The van der Waals surface area contributed by atoms with E-state index in [1.807, 2.05) is 36.7 Å². The minimum atomic E-state index is 0.623. The summed E-state index contributed by atoms with van der Waals surface area (Å²) in [6.45, 7) is 6.17. The van der Waals surface area contributed by atoms with Crippen LogP contribution in [-0.4, -0.2) is 9.78 Å². The lowest BCUT2D eigenvalue weighted by Gasteiger charge is -2.10. The van der Waals surface area contributed by atoms with Gasteiger partial charge >= 0.3 is 0 Å². The second-order valence-electron chi connectivity index (χ2n) is 4.09. The molecule has 4 heteroatoms. The van der Waals surface area contributed by atoms with Gasteiger partial charge in [0.15, 0.2) is 0 Å². The van der Waals surface area contributed by atoms with Crippen LogP contribution in [-0.2, 0) is 6.42 Å². The zero-order valence-electron chi connectivity index (χ0n) is 10.3. The fraction of sp³-hybridized carbons (Fsp3) is 0.308. The van der Waals surface area contributed by atoms with Gasteiger partial charge in [-0.05, 0) is 38.0 Å². The van der Waals surface area contributed by atoms with Crippen LogP contribution in [0.4, 0.5) is 5.69 Å². The van der Waals surface area contributed by atoms with Crippen molar-refractivity contribution in [2.24, 2.45) is 0 Å². The van der Waals surface area contributed by atoms with E-state index in [1.54, 1.807) is 0 Å². The van der Waals surface area contributed by atoms with E-state index >= 15 is 0 Å². The molecule has 2 aromatic rings. The number of benzene rings is 1. The maximum absolute atomic E-state index is 6.20. The molecular formula is C13H16ClN3. The molecule has 0 amide bonds. The van der Waals surface area contributed by atoms with Gasteiger partial charge in [-0.3, -0.25) is 0 Å². The Balaban J connectivity index is 2.69. The van der Waals surface area contributed by atoms with Gasteiger partial charge in [0.25, 0.3) is 0 Å². The van der Waals surface area contributed by atoms with E-state index in [0.29, 0.717) is 10.7 Å². The predicted molar refractivity (Wildman–Crippen MR) is 71.8 cm³/mol. The first kappa shape index (κ1) is 12.0. The second kappa shape index (κ2) is 4.41. The van der Waals surface area contributed by atoms with Gasteiger partial charge in [0.1, 0.15) is 5.69 Å². The number of para-hydroxylation sites is 1. The number of hydrogen-bond acceptors (Lipinski definition) is 2. The van der Waals surface area contributed by atoms with Crippen LogP contribution in [0.25, 0.3) is 5.69 Å². The van der Waals surface area contributed by atoms with Crippen molar-refractivity contribution < 1.29 is 0 Å². The topological polar surface area (TPSA) is 43.8 Å². The van der Waals surface area contributed by atoms with Crippen LogP contribution in [0.2, 0.25) is 5.02 Å². The summed E-state index contributed by atoms with van der Waals surface area (Å²) < 4.78 is 1.84. The van der Waals surface area contributed by atoms with Crippen LogP contribution < -0.4 is 5.73 Å². The number of hydrogen-bond donors (Lipinski definition) is 1. The number of aryl methyl sites for hydroxylation is 1. The maximum Gasteiger partial charge on any atom is 0.106 e. The number of halogens is 1. The van der Waals surface area contributed by atoms with Gasteiger partial charge < -0.3 is 5.73 Å². The van der Waals surface area contributed by atoms with Crippen molar-refractivity contribution in [3.8, 4) is 5.69 Å². The van der Waals surface area contributed by atoms with E-state index in [-0.39, 0.29) is 0 Å². The molecule has 0 fully saturated rings. The summed E-state index contributed by atoms with van der Waals surface area (Å²) in [6, 6.07) is 5.51. The van der Waals surface area contributed by atoms with Crippen molar-refractivity contribution in [1.82, 2.24) is 9.78 Å². The molecule has 90 valence electrons. The van der Waals surface area contributed by atoms with Crippen LogP contribution >= 0.6 is 11.6 Å². The predicted octanol–water partition coefficient (Wildman–Crippen LogP) is 3.29. The molecule has 2 N–H and O–H groups in total. The van der Waals surface area contributed by atoms with Crippen LogP contribution in [0.3, 0.4) is 0 Å². The van der Waals surface area contributed by atoms with Gasteiger partial charge in [0, 0.05) is 5.69 Å². The van der Waals surface area contributed by atoms with Gasteiger partial charge in [-0.2, -0.15) is 5.10 Å². The number of nitrogens with two attached hydrogens (primary N) is 1. The van der Waals surface area contributed by atoms with Crippen LogP contribution in [0.5, 0.6) is 0 Å². The van der Waals surface area contributed by atoms with E-state index in [4.69, 9.17) is 17.3 Å². The Morgan fingerprint density at radius 1 is 1.35 bits per heavy atom. The van der Waals surface area contributed by atoms with E-state index in [9.17, 15) is 0 Å². The average molecular weight is 250 g/mol. The zero-order chi connectivity index (χ0) is 12.6. The third-order valence-electron chi connectivity index (χ3n) is 3.02. The van der Waals surface area contributed by atoms with E-state index < -0.39 is 0 Å². The first-order valence-corrected chi connectivity index (χ1v) is 6.03. The minimum absolute atomic E-state index is 0.623. The molecule has 0 spiro atoms. The molecule has 0 aliphatic heterocycles. The van der Waals surface area contributed by atoms with Crippen molar-refractivity contribution in [3.05, 3.63) is 40.2 Å². The molecule has 0 saturated carbocycles. The van der Waals surface area contributed by atoms with E-state index in [1.165, 1.54) is 5.56 Å². The monoisotopic (exact) mass is 249 g/mol. The summed E-state index contributed by atoms with van der Waals surface area (Å²) in [7, 11) is 0. The summed E-state index contributed by atoms with van der Waals surface area (Å²) in [5.74, 6) is 0. The Hall–Kier alpha value is -1.48. The first-order chi connectivity index (χ1) is 8.06. The van der Waals surface area contributed by atoms with Crippen LogP contribution in [0, 0.1) is 13.8 Å². The standard InChI is InChI=1S/C13H16ClN3/c1-4-10-8(2)16-17(9(10)3)13-11(14)6-5-7-12(13)15/h5-7H,4,15H2,1-3H3. The van der Waals surface area contributed by atoms with Gasteiger partial charge in [-0.15, -0.1) is 0 Å². The Kier molecular flexibility index (Phi) is 3.11. The fourth-order valence-electron chi connectivity index (χ4n) is 2.16. The minimum Gasteiger partial charge on any atom is -0.397 e. The lowest BCUT2D eigenvalue weighted by molar-refractivity contribution is 0.835. The Bertz CT molecular complexity index is 538. The molecule has 0 bridgehead atoms. The SMILES string of the molecule is CCc1c(C)nn(-c2c(N)cccc2Cl)c1C. The highest BCUT2D eigenvalue weighted by molar-refractivity contribution is 6.32. The highest BCUT2D eigenvalue weighted by Crippen LogP contribution is 2.28. The molecule has 1 heterocycles. The van der Waals surface area contributed by atoms with Gasteiger partial charge in [0.05, 0.1) is 16.4 Å². The molecular weight excluding hydrogens is 234 g/mol. The quantitative estimate of drug-likeness (QED) is 0.830. The van der Waals surface area contributed by atoms with E-state index in [0.717, 1.165) is 23.5 Å². The van der Waals surface area contributed by atoms with Gasteiger partial charge in [-0.1, -0.05) is 24.6 Å². The molecule has 1 aromatic carbocycles. The average Bonchev–Trinajstić information content (AvgIpc) is 2.54. The summed E-state index contributed by atoms with van der Waals surface area (Å²) in [6.07, 6.45) is 0.960. The van der Waals surface area contributed by atoms with Crippen molar-refractivity contribution >= 4 is 17.3 Å². The molecule has 0 aliphatic carbocycles. The third kappa shape index (κ3) is 1.91. The summed E-state index contributed by atoms with van der Waals surface area (Å²) in [5, 5.41) is 5.15. The molecule has 0 saturated heterocycles. The smallest absolute Gasteiger partial charge is 0.106 e. The normalized spacial score (nSPS) is 10.8. The lowest BCUT2D eigenvalue weighted by atomic mass is 10.1. The number of nitrogen functional groups attached to an aromatic ring is 1. The number of nitrogens with zero attached hydrogens (tertiary/aromatic N) is 2. The zero-order valence-corrected chi connectivity index (χ0v) is 11.0. The molecule has 0 aliphatic rings. The fourth-order valence-corrected chi connectivity index (χ4v) is 2.42. The Labute approximate surface area is 106 Å². The largest absolute Gasteiger partial charge is 0.397 e. The van der Waals surface area contributed by atoms with Gasteiger partial charge in [-0.25, -0.2) is 4.68 Å². The number of anilines is 1. The number of aromatic nitrogens is 2. The highest BCUT2D eigenvalue weighted by Gasteiger charge is 2.15. The summed E-state index contributed by atoms with van der Waals surface area (Å²) in [5.41, 5.74) is 10.8. The molecule has 0 atom stereocenters. The molecule has 1 aromatic heterocycles. The third-order valence-corrected chi connectivity index (χ3v) is 3.33. The Morgan fingerprint density at radius 3 is 2.59 bits per heavy atom. The lowest BCUT2D eigenvalue weighted by Crippen LogP contribution is -2.04. The summed E-state index contributed by atoms with van der Waals surface area (Å²) >= 11 is 6.20. The number of rotatable bonds is 2. The Morgan fingerprint density at radius 2 is 2.06 bits per heavy atom. The molecule has 2 rings (SSSR count). The molecule has 17 heavy (non-hydrogen) atoms. The summed E-state index contributed by atoms with van der Waals surface area (Å²) in [4.78, 5) is 0. The molecule has 3 nitrogen and oxygen atoms in total. The maximum atomic E-state index is 6.20. The van der Waals surface area contributed by atoms with Crippen molar-refractivity contribution in [1.29, 1.82) is 0 Å². The van der Waals surface area contributed by atoms with Crippen molar-refractivity contribution in [3.63, 3.8) is 0 Å². The van der Waals surface area contributed by atoms with E-state index in [2.05, 4.69) is 12.0 Å². The molecule has 0 unspecified atom stereocenters. The first-order valence-electron chi connectivity index (χ1n) is 5.65. The second-order valence-corrected chi connectivity index (χ2v) is 4.50.